The Labute approximate surface area is 163 Å². The van der Waals surface area contributed by atoms with E-state index in [1.807, 2.05) is 24.3 Å². The maximum Gasteiger partial charge on any atom is 0.131 e. The number of methoxy groups -OCH3 is 1. The van der Waals surface area contributed by atoms with Crippen molar-refractivity contribution in [1.29, 1.82) is 0 Å². The van der Waals surface area contributed by atoms with Crippen molar-refractivity contribution in [3.05, 3.63) is 64.0 Å². The van der Waals surface area contributed by atoms with Crippen molar-refractivity contribution in [3.8, 4) is 5.75 Å². The molecule has 4 heterocycles. The number of nitrogens with zero attached hydrogens (tertiary/aromatic N) is 2. The highest BCUT2D eigenvalue weighted by atomic mass is 16.9. The van der Waals surface area contributed by atoms with E-state index in [0.717, 1.165) is 41.7 Å². The fourth-order valence-electron chi connectivity index (χ4n) is 4.65. The predicted octanol–water partition coefficient (Wildman–Crippen LogP) is 1.52. The van der Waals surface area contributed by atoms with Crippen molar-refractivity contribution in [2.75, 3.05) is 20.2 Å². The van der Waals surface area contributed by atoms with Crippen LogP contribution >= 0.6 is 0 Å². The molecule has 8 heteroatoms. The van der Waals surface area contributed by atoms with Crippen molar-refractivity contribution in [1.82, 2.24) is 4.98 Å². The van der Waals surface area contributed by atoms with Gasteiger partial charge >= 0.3 is 0 Å². The van der Waals surface area contributed by atoms with Crippen LogP contribution in [-0.2, 0) is 0 Å². The van der Waals surface area contributed by atoms with Gasteiger partial charge < -0.3 is 30.1 Å². The van der Waals surface area contributed by atoms with Crippen LogP contribution in [0.1, 0.15) is 24.5 Å². The number of pyridine rings is 1. The minimum Gasteiger partial charge on any atom is -0.497 e. The Balaban J connectivity index is 0.000000516. The van der Waals surface area contributed by atoms with Gasteiger partial charge in [-0.3, -0.25) is 4.98 Å². The van der Waals surface area contributed by atoms with Crippen molar-refractivity contribution >= 4 is 10.9 Å². The largest absolute Gasteiger partial charge is 0.497 e. The highest BCUT2D eigenvalue weighted by Crippen LogP contribution is 2.34. The quantitative estimate of drug-likeness (QED) is 0.467. The topological polar surface area (TPSA) is 113 Å². The second-order valence-electron chi connectivity index (χ2n) is 7.35. The first-order valence-corrected chi connectivity index (χ1v) is 9.34. The smallest absolute Gasteiger partial charge is 0.131 e. The summed E-state index contributed by atoms with van der Waals surface area (Å²) in [7, 11) is 1.67. The van der Waals surface area contributed by atoms with Crippen molar-refractivity contribution in [2.24, 2.45) is 11.8 Å². The third-order valence-corrected chi connectivity index (χ3v) is 6.01. The van der Waals surface area contributed by atoms with Gasteiger partial charge in [-0.05, 0) is 35.7 Å². The first-order chi connectivity index (χ1) is 13.4. The highest BCUT2D eigenvalue weighted by molar-refractivity contribution is 5.83. The van der Waals surface area contributed by atoms with Gasteiger partial charge in [0.05, 0.1) is 30.8 Å². The Morgan fingerprint density at radius 3 is 2.79 bits per heavy atom. The summed E-state index contributed by atoms with van der Waals surface area (Å²) in [5, 5.41) is 26.9. The molecule has 28 heavy (non-hydrogen) atoms. The van der Waals surface area contributed by atoms with Gasteiger partial charge in [0.15, 0.2) is 0 Å². The summed E-state index contributed by atoms with van der Waals surface area (Å²) in [4.78, 5) is 14.2. The number of aromatic nitrogens is 1. The van der Waals surface area contributed by atoms with Gasteiger partial charge in [0.1, 0.15) is 17.9 Å². The van der Waals surface area contributed by atoms with E-state index in [1.165, 1.54) is 11.3 Å². The number of aliphatic hydroxyl groups excluding tert-OH is 1. The molecule has 5 atom stereocenters. The van der Waals surface area contributed by atoms with E-state index in [2.05, 4.69) is 17.6 Å². The first-order valence-electron chi connectivity index (χ1n) is 9.34. The lowest BCUT2D eigenvalue weighted by Crippen LogP contribution is -3.20. The Hall–Kier alpha value is -2.71. The van der Waals surface area contributed by atoms with Gasteiger partial charge in [-0.25, -0.2) is 0 Å². The average Bonchev–Trinajstić information content (AvgIpc) is 2.72. The summed E-state index contributed by atoms with van der Waals surface area (Å²) in [5.41, 5.74) is 1.88. The fourth-order valence-corrected chi connectivity index (χ4v) is 4.65. The lowest BCUT2D eigenvalue weighted by atomic mass is 9.73. The zero-order valence-electron chi connectivity index (χ0n) is 15.8. The molecule has 2 N–H and O–H groups in total. The molecule has 1 aromatic heterocycles. The normalized spacial score (nSPS) is 26.8. The van der Waals surface area contributed by atoms with Crippen molar-refractivity contribution in [2.45, 2.75) is 25.0 Å². The summed E-state index contributed by atoms with van der Waals surface area (Å²) in [5.74, 6) is 2.07. The molecule has 0 radical (unpaired) electrons. The van der Waals surface area contributed by atoms with E-state index in [9.17, 15) is 5.11 Å². The van der Waals surface area contributed by atoms with Crippen LogP contribution in [0.5, 0.6) is 5.75 Å². The zero-order valence-corrected chi connectivity index (χ0v) is 15.8. The van der Waals surface area contributed by atoms with Crippen LogP contribution in [0.25, 0.3) is 10.9 Å². The highest BCUT2D eigenvalue weighted by Gasteiger charge is 2.45. The number of hydrogen-bond donors (Lipinski definition) is 2. The molecule has 0 spiro atoms. The number of fused-ring (bicyclic) bond motifs is 4. The minimum absolute atomic E-state index is 0.261. The van der Waals surface area contributed by atoms with Gasteiger partial charge in [0, 0.05) is 30.3 Å². The molecule has 3 fully saturated rings. The molecule has 2 bridgehead atoms. The summed E-state index contributed by atoms with van der Waals surface area (Å²) >= 11 is 0. The number of nitrogens with one attached hydrogen (secondary N) is 1. The van der Waals surface area contributed by atoms with Crippen LogP contribution in [-0.4, -0.2) is 41.4 Å². The van der Waals surface area contributed by atoms with E-state index in [0.29, 0.717) is 11.8 Å². The molecule has 1 aromatic carbocycles. The van der Waals surface area contributed by atoms with Gasteiger partial charge in [0.2, 0.25) is 0 Å². The molecule has 3 saturated heterocycles. The van der Waals surface area contributed by atoms with Gasteiger partial charge in [-0.2, -0.15) is 0 Å². The molecule has 2 aromatic rings. The van der Waals surface area contributed by atoms with Crippen molar-refractivity contribution < 1.29 is 19.8 Å². The summed E-state index contributed by atoms with van der Waals surface area (Å²) < 4.78 is 5.35. The number of benzene rings is 1. The Bertz CT molecular complexity index is 855. The fraction of sp³-hybridized carbons (Fsp3) is 0.450. The maximum atomic E-state index is 11.2. The van der Waals surface area contributed by atoms with E-state index in [4.69, 9.17) is 20.1 Å². The molecule has 150 valence electrons. The van der Waals surface area contributed by atoms with E-state index < -0.39 is 11.2 Å². The third-order valence-electron chi connectivity index (χ3n) is 6.01. The zero-order chi connectivity index (χ0) is 20.3. The Morgan fingerprint density at radius 2 is 2.18 bits per heavy atom. The van der Waals surface area contributed by atoms with E-state index in [1.54, 1.807) is 13.3 Å². The summed E-state index contributed by atoms with van der Waals surface area (Å²) in [6.07, 6.45) is 5.76. The van der Waals surface area contributed by atoms with Gasteiger partial charge in [0.25, 0.3) is 0 Å². The molecule has 3 aliphatic rings. The first kappa shape index (κ1) is 20.0. The summed E-state index contributed by atoms with van der Waals surface area (Å²) in [6, 6.07) is 8.08. The molecular weight excluding hydrogens is 362 g/mol. The molecule has 1 unspecified atom stereocenters. The number of rotatable bonds is 4. The SMILES string of the molecule is C=C[C@H]1C[NH+]2CC[C@H]1C[C@@H]2[C@@H](O)c1ccnc2ccc(OC)cc12.O=[N+]([O-])[O-]. The maximum absolute atomic E-state index is 11.2. The number of hydrogen-bond acceptors (Lipinski definition) is 6. The molecule has 3 aliphatic heterocycles. The van der Waals surface area contributed by atoms with Crippen LogP contribution in [0.4, 0.5) is 0 Å². The number of ether oxygens (including phenoxy) is 1. The number of piperidine rings is 3. The van der Waals surface area contributed by atoms with Crippen LogP contribution < -0.4 is 9.64 Å². The molecule has 5 rings (SSSR count). The van der Waals surface area contributed by atoms with E-state index >= 15 is 0 Å². The molecule has 0 aliphatic carbocycles. The second kappa shape index (κ2) is 8.53. The lowest BCUT2D eigenvalue weighted by molar-refractivity contribution is -0.949. The molecular formula is C20H25N3O5. The van der Waals surface area contributed by atoms with Crippen LogP contribution in [0.2, 0.25) is 0 Å². The second-order valence-corrected chi connectivity index (χ2v) is 7.35. The number of aliphatic hydroxyl groups is 1. The molecule has 0 amide bonds. The van der Waals surface area contributed by atoms with Crippen LogP contribution in [0.15, 0.2) is 43.1 Å². The van der Waals surface area contributed by atoms with Gasteiger partial charge in [-0.15, -0.1) is 6.58 Å². The Kier molecular flexibility index (Phi) is 6.11. The molecule has 8 nitrogen and oxygen atoms in total. The van der Waals surface area contributed by atoms with E-state index in [-0.39, 0.29) is 6.04 Å². The van der Waals surface area contributed by atoms with Gasteiger partial charge in [-0.1, -0.05) is 6.08 Å². The molecule has 0 saturated carbocycles. The Morgan fingerprint density at radius 1 is 1.43 bits per heavy atom. The summed E-state index contributed by atoms with van der Waals surface area (Å²) in [6.45, 7) is 6.25. The van der Waals surface area contributed by atoms with Crippen LogP contribution in [0.3, 0.4) is 0 Å². The average molecular weight is 387 g/mol. The monoisotopic (exact) mass is 387 g/mol. The predicted molar refractivity (Wildman–Crippen MR) is 105 cm³/mol. The minimum atomic E-state index is -1.75. The standard InChI is InChI=1S/C20H24N2O2.NO3/c1-3-13-12-22-9-7-14(13)10-19(22)20(23)16-6-8-21-18-5-4-15(24-2)11-17(16)18;2-1(3)4/h3-6,8,11,13-14,19-20,23H,1,7,9-10,12H2,2H3;/q;-1/p+1/t13-,14-,19+,20-;/m0./s1. The third kappa shape index (κ3) is 4.07. The number of quaternary nitrogens is 1. The van der Waals surface area contributed by atoms with Crippen molar-refractivity contribution in [3.63, 3.8) is 0 Å². The lowest BCUT2D eigenvalue weighted by Gasteiger charge is -2.47. The van der Waals surface area contributed by atoms with Crippen LogP contribution in [0, 0.1) is 27.2 Å².